The molecule has 0 bridgehead atoms. The number of amides is 1. The first-order valence-electron chi connectivity index (χ1n) is 9.78. The number of ether oxygens (including phenoxy) is 1. The van der Waals surface area contributed by atoms with E-state index in [0.29, 0.717) is 0 Å². The summed E-state index contributed by atoms with van der Waals surface area (Å²) < 4.78 is 11.9. The van der Waals surface area contributed by atoms with Gasteiger partial charge in [-0.3, -0.25) is 4.79 Å². The van der Waals surface area contributed by atoms with E-state index in [-0.39, 0.29) is 18.6 Å². The van der Waals surface area contributed by atoms with Crippen LogP contribution < -0.4 is 9.64 Å². The number of benzene rings is 2. The third-order valence-corrected chi connectivity index (χ3v) is 5.76. The van der Waals surface area contributed by atoms with Gasteiger partial charge in [-0.05, 0) is 62.4 Å². The van der Waals surface area contributed by atoms with Crippen LogP contribution in [0.4, 0.5) is 5.69 Å². The average molecular weight is 361 g/mol. The Morgan fingerprint density at radius 1 is 1.19 bits per heavy atom. The first-order valence-corrected chi connectivity index (χ1v) is 9.78. The Kier molecular flexibility index (Phi) is 3.92. The Morgan fingerprint density at radius 2 is 2.04 bits per heavy atom. The van der Waals surface area contributed by atoms with Crippen LogP contribution in [0.15, 0.2) is 46.9 Å². The van der Waals surface area contributed by atoms with Crippen LogP contribution in [0.2, 0.25) is 0 Å². The van der Waals surface area contributed by atoms with Crippen LogP contribution in [0.5, 0.6) is 5.75 Å². The Morgan fingerprint density at radius 3 is 2.96 bits per heavy atom. The quantitative estimate of drug-likeness (QED) is 0.681. The second-order valence-corrected chi connectivity index (χ2v) is 7.60. The normalized spacial score (nSPS) is 18.4. The van der Waals surface area contributed by atoms with Crippen LogP contribution in [0.3, 0.4) is 0 Å². The van der Waals surface area contributed by atoms with Crippen molar-refractivity contribution in [3.8, 4) is 5.75 Å². The summed E-state index contributed by atoms with van der Waals surface area (Å²) in [7, 11) is 0. The molecule has 1 atom stereocenters. The molecule has 4 heteroatoms. The van der Waals surface area contributed by atoms with Gasteiger partial charge in [0.2, 0.25) is 0 Å². The van der Waals surface area contributed by atoms with Gasteiger partial charge >= 0.3 is 0 Å². The van der Waals surface area contributed by atoms with E-state index in [1.807, 2.05) is 41.3 Å². The van der Waals surface area contributed by atoms with Crippen molar-refractivity contribution in [2.75, 3.05) is 11.5 Å². The Balaban J connectivity index is 1.35. The van der Waals surface area contributed by atoms with Gasteiger partial charge < -0.3 is 14.1 Å². The highest BCUT2D eigenvalue weighted by Gasteiger charge is 2.30. The van der Waals surface area contributed by atoms with E-state index in [0.717, 1.165) is 47.4 Å². The predicted molar refractivity (Wildman–Crippen MR) is 105 cm³/mol. The molecule has 2 heterocycles. The van der Waals surface area contributed by atoms with Gasteiger partial charge in [0.25, 0.3) is 5.91 Å². The predicted octanol–water partition coefficient (Wildman–Crippen LogP) is 4.67. The summed E-state index contributed by atoms with van der Waals surface area (Å²) in [5.74, 6) is 1.85. The standard InChI is InChI=1S/C23H23NO3/c1-15-12-16-6-2-4-8-20(16)24(15)23(25)14-26-17-10-11-22-19(13-17)18-7-3-5-9-21(18)27-22/h2,4,6,8,10-11,13,15H,3,5,7,9,12,14H2,1H3/t15-/m0/s1. The minimum absolute atomic E-state index is 0.00164. The number of rotatable bonds is 3. The van der Waals surface area contributed by atoms with Gasteiger partial charge in [-0.1, -0.05) is 18.2 Å². The van der Waals surface area contributed by atoms with Gasteiger partial charge in [0.05, 0.1) is 0 Å². The number of carbonyl (C=O) groups excluding carboxylic acids is 1. The number of hydrogen-bond acceptors (Lipinski definition) is 3. The Bertz CT molecular complexity index is 1020. The maximum atomic E-state index is 12.8. The summed E-state index contributed by atoms with van der Waals surface area (Å²) in [6, 6.07) is 14.2. The first-order chi connectivity index (χ1) is 13.2. The van der Waals surface area contributed by atoms with Crippen LogP contribution >= 0.6 is 0 Å². The molecular formula is C23H23NO3. The number of para-hydroxylation sites is 1. The van der Waals surface area contributed by atoms with E-state index in [1.165, 1.54) is 24.0 Å². The monoisotopic (exact) mass is 361 g/mol. The van der Waals surface area contributed by atoms with Crippen molar-refractivity contribution in [2.45, 2.75) is 45.1 Å². The van der Waals surface area contributed by atoms with E-state index in [1.54, 1.807) is 0 Å². The molecule has 0 N–H and O–H groups in total. The third-order valence-electron chi connectivity index (χ3n) is 5.76. The highest BCUT2D eigenvalue weighted by molar-refractivity contribution is 5.97. The fraction of sp³-hybridized carbons (Fsp3) is 0.348. The number of anilines is 1. The minimum Gasteiger partial charge on any atom is -0.484 e. The zero-order chi connectivity index (χ0) is 18.4. The maximum Gasteiger partial charge on any atom is 0.265 e. The topological polar surface area (TPSA) is 42.7 Å². The Hall–Kier alpha value is -2.75. The van der Waals surface area contributed by atoms with Crippen LogP contribution in [0.1, 0.15) is 36.7 Å². The van der Waals surface area contributed by atoms with Crippen LogP contribution in [-0.2, 0) is 24.1 Å². The number of nitrogens with zero attached hydrogens (tertiary/aromatic N) is 1. The van der Waals surface area contributed by atoms with Crippen LogP contribution in [-0.4, -0.2) is 18.6 Å². The van der Waals surface area contributed by atoms with Gasteiger partial charge in [-0.2, -0.15) is 0 Å². The van der Waals surface area contributed by atoms with Gasteiger partial charge in [0.1, 0.15) is 17.1 Å². The van der Waals surface area contributed by atoms with E-state index in [2.05, 4.69) is 13.0 Å². The van der Waals surface area contributed by atoms with Crippen molar-refractivity contribution in [3.05, 3.63) is 59.4 Å². The van der Waals surface area contributed by atoms with Crippen molar-refractivity contribution in [3.63, 3.8) is 0 Å². The molecule has 0 saturated carbocycles. The molecule has 3 aromatic rings. The number of aryl methyl sites for hydroxylation is 2. The summed E-state index contributed by atoms with van der Waals surface area (Å²) in [6.45, 7) is 2.13. The summed E-state index contributed by atoms with van der Waals surface area (Å²) in [5.41, 5.74) is 4.47. The molecule has 27 heavy (non-hydrogen) atoms. The molecule has 2 aromatic carbocycles. The molecule has 0 saturated heterocycles. The zero-order valence-corrected chi connectivity index (χ0v) is 15.5. The van der Waals surface area contributed by atoms with Crippen molar-refractivity contribution < 1.29 is 13.9 Å². The highest BCUT2D eigenvalue weighted by Crippen LogP contribution is 2.34. The lowest BCUT2D eigenvalue weighted by atomic mass is 9.96. The number of carbonyl (C=O) groups is 1. The van der Waals surface area contributed by atoms with Crippen molar-refractivity contribution in [1.82, 2.24) is 0 Å². The molecule has 1 aromatic heterocycles. The number of hydrogen-bond donors (Lipinski definition) is 0. The second-order valence-electron chi connectivity index (χ2n) is 7.60. The van der Waals surface area contributed by atoms with Gasteiger partial charge in [-0.25, -0.2) is 0 Å². The van der Waals surface area contributed by atoms with Crippen LogP contribution in [0, 0.1) is 0 Å². The molecule has 1 aliphatic heterocycles. The van der Waals surface area contributed by atoms with E-state index in [4.69, 9.17) is 9.15 Å². The van der Waals surface area contributed by atoms with E-state index < -0.39 is 0 Å². The largest absolute Gasteiger partial charge is 0.484 e. The maximum absolute atomic E-state index is 12.8. The fourth-order valence-corrected chi connectivity index (χ4v) is 4.49. The molecule has 0 spiro atoms. The lowest BCUT2D eigenvalue weighted by Gasteiger charge is -2.22. The van der Waals surface area contributed by atoms with Crippen molar-refractivity contribution >= 4 is 22.6 Å². The lowest BCUT2D eigenvalue weighted by molar-refractivity contribution is -0.120. The smallest absolute Gasteiger partial charge is 0.265 e. The third kappa shape index (κ3) is 2.80. The van der Waals surface area contributed by atoms with Crippen molar-refractivity contribution in [2.24, 2.45) is 0 Å². The average Bonchev–Trinajstić information content (AvgIpc) is 3.22. The molecule has 5 rings (SSSR count). The molecule has 1 amide bonds. The molecule has 4 nitrogen and oxygen atoms in total. The number of furan rings is 1. The first kappa shape index (κ1) is 16.4. The van der Waals surface area contributed by atoms with E-state index >= 15 is 0 Å². The molecule has 2 aliphatic rings. The minimum atomic E-state index is 0.00164. The van der Waals surface area contributed by atoms with E-state index in [9.17, 15) is 4.79 Å². The van der Waals surface area contributed by atoms with Gasteiger partial charge in [0.15, 0.2) is 6.61 Å². The zero-order valence-electron chi connectivity index (χ0n) is 15.5. The summed E-state index contributed by atoms with van der Waals surface area (Å²) >= 11 is 0. The molecule has 138 valence electrons. The summed E-state index contributed by atoms with van der Waals surface area (Å²) in [6.07, 6.45) is 5.38. The summed E-state index contributed by atoms with van der Waals surface area (Å²) in [5, 5.41) is 1.13. The molecule has 0 radical (unpaired) electrons. The number of fused-ring (bicyclic) bond motifs is 4. The highest BCUT2D eigenvalue weighted by atomic mass is 16.5. The molecule has 1 aliphatic carbocycles. The van der Waals surface area contributed by atoms with Gasteiger partial charge in [0, 0.05) is 29.1 Å². The molecule has 0 fully saturated rings. The lowest BCUT2D eigenvalue weighted by Crippen LogP contribution is -2.39. The van der Waals surface area contributed by atoms with Crippen LogP contribution in [0.25, 0.3) is 11.0 Å². The Labute approximate surface area is 158 Å². The molecule has 0 unspecified atom stereocenters. The second kappa shape index (κ2) is 6.45. The SMILES string of the molecule is C[C@H]1Cc2ccccc2N1C(=O)COc1ccc2oc3c(c2c1)CCCC3. The fourth-order valence-electron chi connectivity index (χ4n) is 4.49. The summed E-state index contributed by atoms with van der Waals surface area (Å²) in [4.78, 5) is 14.7. The molecular weight excluding hydrogens is 338 g/mol. The van der Waals surface area contributed by atoms with Gasteiger partial charge in [-0.15, -0.1) is 0 Å². The van der Waals surface area contributed by atoms with Crippen molar-refractivity contribution in [1.29, 1.82) is 0 Å².